The fourth-order valence-electron chi connectivity index (χ4n) is 3.19. The lowest BCUT2D eigenvalue weighted by Crippen LogP contribution is -2.23. The largest absolute Gasteiger partial charge is 0.497 e. The Morgan fingerprint density at radius 1 is 1.04 bits per heavy atom. The van der Waals surface area contributed by atoms with Crippen molar-refractivity contribution in [2.75, 3.05) is 45.7 Å². The van der Waals surface area contributed by atoms with Gasteiger partial charge in [0.25, 0.3) is 0 Å². The summed E-state index contributed by atoms with van der Waals surface area (Å²) in [7, 11) is 3.73. The maximum Gasteiger partial charge on any atom is 0.119 e. The van der Waals surface area contributed by atoms with Crippen molar-refractivity contribution in [1.29, 1.82) is 0 Å². The molecule has 0 aliphatic rings. The average molecular weight is 353 g/mol. The normalized spacial score (nSPS) is 11.4. The van der Waals surface area contributed by atoms with E-state index in [-0.39, 0.29) is 6.61 Å². The Morgan fingerprint density at radius 2 is 1.85 bits per heavy atom. The number of aliphatic hydroxyl groups excluding tert-OH is 1. The van der Waals surface area contributed by atoms with E-state index in [9.17, 15) is 0 Å². The molecule has 138 valence electrons. The number of fused-ring (bicyclic) bond motifs is 2. The first-order valence-corrected chi connectivity index (χ1v) is 9.12. The summed E-state index contributed by atoms with van der Waals surface area (Å²) in [5.74, 6) is 0.836. The van der Waals surface area contributed by atoms with E-state index in [2.05, 4.69) is 16.3 Å². The van der Waals surface area contributed by atoms with Crippen LogP contribution in [0.5, 0.6) is 5.75 Å². The number of methoxy groups -OCH3 is 1. The van der Waals surface area contributed by atoms with E-state index in [0.717, 1.165) is 65.7 Å². The first-order chi connectivity index (χ1) is 12.7. The van der Waals surface area contributed by atoms with E-state index in [4.69, 9.17) is 14.8 Å². The summed E-state index contributed by atoms with van der Waals surface area (Å²) in [5, 5.41) is 14.8. The number of unbranched alkanes of at least 4 members (excludes halogenated alkanes) is 1. The molecule has 0 unspecified atom stereocenters. The number of nitrogens with zero attached hydrogens (tertiary/aromatic N) is 2. The second-order valence-corrected chi connectivity index (χ2v) is 6.55. The molecular weight excluding hydrogens is 326 g/mol. The Labute approximate surface area is 154 Å². The van der Waals surface area contributed by atoms with Crippen LogP contribution in [0.15, 0.2) is 42.5 Å². The van der Waals surface area contributed by atoms with E-state index >= 15 is 0 Å². The molecule has 0 radical (unpaired) electrons. The van der Waals surface area contributed by atoms with Crippen LogP contribution in [0.3, 0.4) is 0 Å². The van der Waals surface area contributed by atoms with Crippen LogP contribution < -0.4 is 10.1 Å². The van der Waals surface area contributed by atoms with Crippen molar-refractivity contribution in [3.8, 4) is 5.75 Å². The van der Waals surface area contributed by atoms with Crippen molar-refractivity contribution in [3.05, 3.63) is 42.5 Å². The lowest BCUT2D eigenvalue weighted by molar-refractivity contribution is 0.220. The molecule has 0 bridgehead atoms. The summed E-state index contributed by atoms with van der Waals surface area (Å²) in [5.41, 5.74) is 3.08. The van der Waals surface area contributed by atoms with Gasteiger partial charge in [-0.1, -0.05) is 18.2 Å². The van der Waals surface area contributed by atoms with Crippen molar-refractivity contribution in [3.63, 3.8) is 0 Å². The molecule has 2 aromatic carbocycles. The lowest BCUT2D eigenvalue weighted by atomic mass is 10.1. The van der Waals surface area contributed by atoms with Gasteiger partial charge in [-0.05, 0) is 50.7 Å². The van der Waals surface area contributed by atoms with E-state index in [0.29, 0.717) is 0 Å². The molecule has 3 aromatic rings. The quantitative estimate of drug-likeness (QED) is 0.455. The summed E-state index contributed by atoms with van der Waals surface area (Å²) in [4.78, 5) is 6.93. The van der Waals surface area contributed by atoms with Crippen LogP contribution in [0.4, 0.5) is 5.69 Å². The summed E-state index contributed by atoms with van der Waals surface area (Å²) >= 11 is 0. The molecule has 0 aliphatic heterocycles. The van der Waals surface area contributed by atoms with Gasteiger partial charge in [0.2, 0.25) is 0 Å². The molecule has 1 heterocycles. The highest BCUT2D eigenvalue weighted by Gasteiger charge is 2.09. The minimum Gasteiger partial charge on any atom is -0.497 e. The maximum atomic E-state index is 8.96. The number of aliphatic hydroxyl groups is 1. The lowest BCUT2D eigenvalue weighted by Gasteiger charge is -2.16. The standard InChI is InChI=1S/C21H27N3O2/c1-24(13-14-25)12-6-5-11-22-21-17-7-3-4-8-19(17)23-20-10-9-16(26-2)15-18(20)21/h3-4,7-10,15,25H,5-6,11-14H2,1-2H3,(H,22,23). The molecule has 0 atom stereocenters. The maximum absolute atomic E-state index is 8.96. The third kappa shape index (κ3) is 4.23. The number of benzene rings is 2. The second-order valence-electron chi connectivity index (χ2n) is 6.55. The number of aromatic nitrogens is 1. The zero-order valence-electron chi connectivity index (χ0n) is 15.5. The first-order valence-electron chi connectivity index (χ1n) is 9.12. The molecular formula is C21H27N3O2. The zero-order valence-corrected chi connectivity index (χ0v) is 15.5. The highest BCUT2D eigenvalue weighted by molar-refractivity contribution is 6.07. The predicted molar refractivity (Wildman–Crippen MR) is 108 cm³/mol. The van der Waals surface area contributed by atoms with Gasteiger partial charge in [-0.15, -0.1) is 0 Å². The smallest absolute Gasteiger partial charge is 0.119 e. The number of ether oxygens (including phenoxy) is 1. The molecule has 3 rings (SSSR count). The van der Waals surface area contributed by atoms with Gasteiger partial charge in [-0.2, -0.15) is 0 Å². The first kappa shape index (κ1) is 18.4. The third-order valence-corrected chi connectivity index (χ3v) is 4.64. The Hall–Kier alpha value is -2.37. The minimum absolute atomic E-state index is 0.214. The Balaban J connectivity index is 1.80. The van der Waals surface area contributed by atoms with Crippen LogP contribution in [0, 0.1) is 0 Å². The summed E-state index contributed by atoms with van der Waals surface area (Å²) in [6.45, 7) is 2.83. The van der Waals surface area contributed by atoms with Crippen molar-refractivity contribution in [2.24, 2.45) is 0 Å². The van der Waals surface area contributed by atoms with Gasteiger partial charge in [0, 0.05) is 23.9 Å². The Kier molecular flexibility index (Phi) is 6.26. The minimum atomic E-state index is 0.214. The molecule has 0 fully saturated rings. The molecule has 1 aromatic heterocycles. The second kappa shape index (κ2) is 8.83. The van der Waals surface area contributed by atoms with Gasteiger partial charge in [0.15, 0.2) is 0 Å². The number of pyridine rings is 1. The van der Waals surface area contributed by atoms with E-state index in [1.807, 2.05) is 43.4 Å². The number of anilines is 1. The SMILES string of the molecule is COc1ccc2nc3ccccc3c(NCCCCN(C)CCO)c2c1. The van der Waals surface area contributed by atoms with Gasteiger partial charge < -0.3 is 20.1 Å². The van der Waals surface area contributed by atoms with Gasteiger partial charge in [-0.3, -0.25) is 0 Å². The van der Waals surface area contributed by atoms with Crippen LogP contribution in [0.2, 0.25) is 0 Å². The monoisotopic (exact) mass is 353 g/mol. The van der Waals surface area contributed by atoms with Crippen LogP contribution in [-0.2, 0) is 0 Å². The van der Waals surface area contributed by atoms with Gasteiger partial charge in [0.05, 0.1) is 30.4 Å². The van der Waals surface area contributed by atoms with Crippen molar-refractivity contribution >= 4 is 27.5 Å². The topological polar surface area (TPSA) is 57.6 Å². The van der Waals surface area contributed by atoms with Gasteiger partial charge >= 0.3 is 0 Å². The highest BCUT2D eigenvalue weighted by atomic mass is 16.5. The van der Waals surface area contributed by atoms with E-state index in [1.165, 1.54) is 0 Å². The molecule has 0 saturated heterocycles. The zero-order chi connectivity index (χ0) is 18.4. The molecule has 0 aliphatic carbocycles. The van der Waals surface area contributed by atoms with Crippen molar-refractivity contribution < 1.29 is 9.84 Å². The number of nitrogens with one attached hydrogen (secondary N) is 1. The van der Waals surface area contributed by atoms with Crippen molar-refractivity contribution in [2.45, 2.75) is 12.8 Å². The molecule has 2 N–H and O–H groups in total. The number of rotatable bonds is 9. The summed E-state index contributed by atoms with van der Waals surface area (Å²) in [6, 6.07) is 14.2. The fraction of sp³-hybridized carbons (Fsp3) is 0.381. The number of hydrogen-bond donors (Lipinski definition) is 2. The van der Waals surface area contributed by atoms with Gasteiger partial charge in [0.1, 0.15) is 5.75 Å². The van der Waals surface area contributed by atoms with Crippen LogP contribution >= 0.6 is 0 Å². The fourth-order valence-corrected chi connectivity index (χ4v) is 3.19. The van der Waals surface area contributed by atoms with Crippen LogP contribution in [0.25, 0.3) is 21.8 Å². The van der Waals surface area contributed by atoms with Crippen LogP contribution in [0.1, 0.15) is 12.8 Å². The molecule has 0 saturated carbocycles. The Bertz CT molecular complexity index is 866. The number of likely N-dealkylation sites (N-methyl/N-ethyl adjacent to an activating group) is 1. The van der Waals surface area contributed by atoms with Crippen molar-refractivity contribution in [1.82, 2.24) is 9.88 Å². The third-order valence-electron chi connectivity index (χ3n) is 4.64. The molecule has 5 heteroatoms. The molecule has 26 heavy (non-hydrogen) atoms. The predicted octanol–water partition coefficient (Wildman–Crippen LogP) is 3.51. The average Bonchev–Trinajstić information content (AvgIpc) is 2.66. The Morgan fingerprint density at radius 3 is 2.65 bits per heavy atom. The molecule has 5 nitrogen and oxygen atoms in total. The molecule has 0 spiro atoms. The van der Waals surface area contributed by atoms with Crippen LogP contribution in [-0.4, -0.2) is 55.4 Å². The van der Waals surface area contributed by atoms with Gasteiger partial charge in [-0.25, -0.2) is 4.98 Å². The van der Waals surface area contributed by atoms with E-state index in [1.54, 1.807) is 7.11 Å². The van der Waals surface area contributed by atoms with E-state index < -0.39 is 0 Å². The summed E-state index contributed by atoms with van der Waals surface area (Å²) in [6.07, 6.45) is 2.16. The summed E-state index contributed by atoms with van der Waals surface area (Å²) < 4.78 is 5.40. The number of hydrogen-bond acceptors (Lipinski definition) is 5. The highest BCUT2D eigenvalue weighted by Crippen LogP contribution is 2.32. The number of para-hydroxylation sites is 1. The molecule has 0 amide bonds.